The molecule has 1 saturated carbocycles. The minimum absolute atomic E-state index is 0.135. The molecule has 0 aliphatic heterocycles. The topological polar surface area (TPSA) is 76.1 Å². The van der Waals surface area contributed by atoms with Gasteiger partial charge in [0.15, 0.2) is 0 Å². The molecule has 126 valence electrons. The van der Waals surface area contributed by atoms with E-state index in [1.165, 1.54) is 12.8 Å². The summed E-state index contributed by atoms with van der Waals surface area (Å²) >= 11 is 0. The van der Waals surface area contributed by atoms with Crippen LogP contribution in [-0.2, 0) is 6.54 Å². The van der Waals surface area contributed by atoms with E-state index in [0.29, 0.717) is 18.2 Å². The second-order valence-corrected chi connectivity index (χ2v) is 5.89. The number of carbonyl (C=O) groups excluding carboxylic acids is 1. The Kier molecular flexibility index (Phi) is 5.25. The molecule has 1 fully saturated rings. The van der Waals surface area contributed by atoms with Gasteiger partial charge in [-0.3, -0.25) is 4.79 Å². The molecule has 24 heavy (non-hydrogen) atoms. The lowest BCUT2D eigenvalue weighted by Gasteiger charge is -2.12. The van der Waals surface area contributed by atoms with E-state index in [1.807, 2.05) is 24.3 Å². The van der Waals surface area contributed by atoms with Crippen LogP contribution < -0.4 is 15.4 Å². The highest BCUT2D eigenvalue weighted by molar-refractivity contribution is 5.92. The first kappa shape index (κ1) is 16.2. The van der Waals surface area contributed by atoms with Crippen molar-refractivity contribution in [2.75, 3.05) is 12.4 Å². The van der Waals surface area contributed by atoms with Crippen LogP contribution in [0.15, 0.2) is 36.5 Å². The number of anilines is 1. The normalized spacial score (nSPS) is 14.4. The Morgan fingerprint density at radius 3 is 2.83 bits per heavy atom. The second-order valence-electron chi connectivity index (χ2n) is 5.89. The molecule has 0 bridgehead atoms. The molecular formula is C18H22N4O2. The maximum absolute atomic E-state index is 12.3. The van der Waals surface area contributed by atoms with Gasteiger partial charge in [0.25, 0.3) is 5.91 Å². The van der Waals surface area contributed by atoms with E-state index >= 15 is 0 Å². The highest BCUT2D eigenvalue weighted by Gasteiger charge is 2.18. The molecule has 0 unspecified atom stereocenters. The lowest BCUT2D eigenvalue weighted by atomic mass is 10.2. The van der Waals surface area contributed by atoms with Gasteiger partial charge in [-0.2, -0.15) is 0 Å². The van der Waals surface area contributed by atoms with Crippen LogP contribution in [0.1, 0.15) is 41.7 Å². The van der Waals surface area contributed by atoms with Crippen LogP contribution in [0.4, 0.5) is 5.95 Å². The summed E-state index contributed by atoms with van der Waals surface area (Å²) in [5, 5.41) is 6.18. The van der Waals surface area contributed by atoms with Crippen LogP contribution in [0, 0.1) is 0 Å². The smallest absolute Gasteiger partial charge is 0.270 e. The number of benzene rings is 1. The van der Waals surface area contributed by atoms with Gasteiger partial charge in [0.2, 0.25) is 5.95 Å². The standard InChI is InChI=1S/C18H22N4O2/c1-24-16-9-5-2-6-13(16)12-20-18-19-11-10-15(22-18)17(23)21-14-7-3-4-8-14/h2,5-6,9-11,14H,3-4,7-8,12H2,1H3,(H,21,23)(H,19,20,22). The Hall–Kier alpha value is -2.63. The molecule has 1 aliphatic carbocycles. The number of aromatic nitrogens is 2. The van der Waals surface area contributed by atoms with Gasteiger partial charge < -0.3 is 15.4 Å². The molecule has 1 amide bonds. The molecule has 0 radical (unpaired) electrons. The van der Waals surface area contributed by atoms with E-state index in [1.54, 1.807) is 19.4 Å². The van der Waals surface area contributed by atoms with Crippen LogP contribution in [0.5, 0.6) is 5.75 Å². The van der Waals surface area contributed by atoms with Gasteiger partial charge in [0, 0.05) is 24.3 Å². The molecule has 6 heteroatoms. The maximum atomic E-state index is 12.3. The largest absolute Gasteiger partial charge is 0.496 e. The highest BCUT2D eigenvalue weighted by atomic mass is 16.5. The number of rotatable bonds is 6. The molecule has 0 spiro atoms. The summed E-state index contributed by atoms with van der Waals surface area (Å²) in [6, 6.07) is 9.67. The monoisotopic (exact) mass is 326 g/mol. The van der Waals surface area contributed by atoms with Gasteiger partial charge in [-0.05, 0) is 25.0 Å². The second kappa shape index (κ2) is 7.77. The first-order chi connectivity index (χ1) is 11.8. The fraction of sp³-hybridized carbons (Fsp3) is 0.389. The molecule has 1 aliphatic rings. The number of carbonyl (C=O) groups is 1. The van der Waals surface area contributed by atoms with E-state index in [-0.39, 0.29) is 11.9 Å². The molecule has 2 aromatic rings. The summed E-state index contributed by atoms with van der Waals surface area (Å²) in [5.74, 6) is 1.10. The number of nitrogens with one attached hydrogen (secondary N) is 2. The minimum atomic E-state index is -0.135. The predicted octanol–water partition coefficient (Wildman–Crippen LogP) is 2.77. The van der Waals surface area contributed by atoms with Crippen molar-refractivity contribution in [3.63, 3.8) is 0 Å². The van der Waals surface area contributed by atoms with Crippen molar-refractivity contribution >= 4 is 11.9 Å². The van der Waals surface area contributed by atoms with Crippen molar-refractivity contribution in [1.82, 2.24) is 15.3 Å². The highest BCUT2D eigenvalue weighted by Crippen LogP contribution is 2.19. The van der Waals surface area contributed by atoms with E-state index in [0.717, 1.165) is 24.2 Å². The van der Waals surface area contributed by atoms with Crippen molar-refractivity contribution in [2.24, 2.45) is 0 Å². The molecule has 0 saturated heterocycles. The molecular weight excluding hydrogens is 304 g/mol. The first-order valence-corrected chi connectivity index (χ1v) is 8.26. The molecule has 3 rings (SSSR count). The van der Waals surface area contributed by atoms with Crippen molar-refractivity contribution in [2.45, 2.75) is 38.3 Å². The average Bonchev–Trinajstić information content (AvgIpc) is 3.13. The summed E-state index contributed by atoms with van der Waals surface area (Å²) in [7, 11) is 1.64. The zero-order valence-electron chi connectivity index (χ0n) is 13.8. The fourth-order valence-electron chi connectivity index (χ4n) is 2.92. The Morgan fingerprint density at radius 1 is 1.25 bits per heavy atom. The van der Waals surface area contributed by atoms with E-state index < -0.39 is 0 Å². The fourth-order valence-corrected chi connectivity index (χ4v) is 2.92. The van der Waals surface area contributed by atoms with Crippen LogP contribution in [0.3, 0.4) is 0 Å². The lowest BCUT2D eigenvalue weighted by Crippen LogP contribution is -2.33. The zero-order valence-corrected chi connectivity index (χ0v) is 13.8. The summed E-state index contributed by atoms with van der Waals surface area (Å²) in [5.41, 5.74) is 1.39. The van der Waals surface area contributed by atoms with Crippen molar-refractivity contribution in [3.8, 4) is 5.75 Å². The Bertz CT molecular complexity index is 699. The molecule has 1 heterocycles. The Balaban J connectivity index is 1.63. The Labute approximate surface area is 141 Å². The third-order valence-corrected chi connectivity index (χ3v) is 4.21. The first-order valence-electron chi connectivity index (χ1n) is 8.26. The molecule has 2 N–H and O–H groups in total. The third-order valence-electron chi connectivity index (χ3n) is 4.21. The van der Waals surface area contributed by atoms with E-state index in [2.05, 4.69) is 20.6 Å². The molecule has 0 atom stereocenters. The van der Waals surface area contributed by atoms with Gasteiger partial charge in [-0.25, -0.2) is 9.97 Å². The molecule has 1 aromatic heterocycles. The number of amides is 1. The van der Waals surface area contributed by atoms with Gasteiger partial charge in [0.05, 0.1) is 7.11 Å². The number of nitrogens with zero attached hydrogens (tertiary/aromatic N) is 2. The number of ether oxygens (including phenoxy) is 1. The van der Waals surface area contributed by atoms with Gasteiger partial charge in [-0.1, -0.05) is 31.0 Å². The van der Waals surface area contributed by atoms with Gasteiger partial charge in [-0.15, -0.1) is 0 Å². The predicted molar refractivity (Wildman–Crippen MR) is 92.1 cm³/mol. The average molecular weight is 326 g/mol. The minimum Gasteiger partial charge on any atom is -0.496 e. The van der Waals surface area contributed by atoms with Crippen LogP contribution in [0.2, 0.25) is 0 Å². The summed E-state index contributed by atoms with van der Waals surface area (Å²) in [4.78, 5) is 20.8. The van der Waals surface area contributed by atoms with Crippen molar-refractivity contribution in [1.29, 1.82) is 0 Å². The maximum Gasteiger partial charge on any atom is 0.270 e. The van der Waals surface area contributed by atoms with Crippen LogP contribution in [0.25, 0.3) is 0 Å². The van der Waals surface area contributed by atoms with Gasteiger partial charge in [0.1, 0.15) is 11.4 Å². The number of hydrogen-bond donors (Lipinski definition) is 2. The van der Waals surface area contributed by atoms with Crippen molar-refractivity contribution in [3.05, 3.63) is 47.8 Å². The summed E-state index contributed by atoms with van der Waals surface area (Å²) in [6.45, 7) is 0.526. The quantitative estimate of drug-likeness (QED) is 0.853. The molecule has 6 nitrogen and oxygen atoms in total. The lowest BCUT2D eigenvalue weighted by molar-refractivity contribution is 0.0933. The SMILES string of the molecule is COc1ccccc1CNc1nccc(C(=O)NC2CCCC2)n1. The van der Waals surface area contributed by atoms with Crippen molar-refractivity contribution < 1.29 is 9.53 Å². The number of hydrogen-bond acceptors (Lipinski definition) is 5. The summed E-state index contributed by atoms with van der Waals surface area (Å²) < 4.78 is 5.33. The third kappa shape index (κ3) is 4.01. The molecule has 1 aromatic carbocycles. The van der Waals surface area contributed by atoms with E-state index in [4.69, 9.17) is 4.74 Å². The number of methoxy groups -OCH3 is 1. The Morgan fingerprint density at radius 2 is 2.04 bits per heavy atom. The van der Waals surface area contributed by atoms with Crippen LogP contribution >= 0.6 is 0 Å². The summed E-state index contributed by atoms with van der Waals surface area (Å²) in [6.07, 6.45) is 6.06. The van der Waals surface area contributed by atoms with E-state index in [9.17, 15) is 4.79 Å². The zero-order chi connectivity index (χ0) is 16.8. The number of para-hydroxylation sites is 1. The van der Waals surface area contributed by atoms with Gasteiger partial charge >= 0.3 is 0 Å². The van der Waals surface area contributed by atoms with Crippen LogP contribution in [-0.4, -0.2) is 29.0 Å².